The smallest absolute Gasteiger partial charge is 0.313 e. The summed E-state index contributed by atoms with van der Waals surface area (Å²) in [7, 11) is 0. The van der Waals surface area contributed by atoms with Crippen molar-refractivity contribution >= 4 is 23.4 Å². The summed E-state index contributed by atoms with van der Waals surface area (Å²) in [5.41, 5.74) is -1.28. The number of hydrogen-bond donors (Lipinski definition) is 1. The molecule has 0 aliphatic carbocycles. The van der Waals surface area contributed by atoms with Gasteiger partial charge in [-0.2, -0.15) is 0 Å². The Labute approximate surface area is 110 Å². The fourth-order valence-corrected chi connectivity index (χ4v) is 1.48. The van der Waals surface area contributed by atoms with Crippen molar-refractivity contribution in [1.29, 1.82) is 0 Å². The lowest BCUT2D eigenvalue weighted by atomic mass is 10.1. The van der Waals surface area contributed by atoms with E-state index in [-0.39, 0.29) is 6.61 Å². The SMILES string of the molecule is CCOC(=O)CC(=O)c1c(F)c(O)c(F)c(Cl)c1F. The van der Waals surface area contributed by atoms with Crippen LogP contribution in [-0.2, 0) is 9.53 Å². The van der Waals surface area contributed by atoms with Crippen molar-refractivity contribution in [3.05, 3.63) is 28.0 Å². The predicted molar refractivity (Wildman–Crippen MR) is 58.6 cm³/mol. The molecule has 19 heavy (non-hydrogen) atoms. The van der Waals surface area contributed by atoms with Gasteiger partial charge in [-0.15, -0.1) is 0 Å². The van der Waals surface area contributed by atoms with Crippen LogP contribution in [0.25, 0.3) is 0 Å². The Morgan fingerprint density at radius 2 is 1.79 bits per heavy atom. The van der Waals surface area contributed by atoms with Gasteiger partial charge in [0.25, 0.3) is 0 Å². The Kier molecular flexibility index (Phi) is 4.77. The second-order valence-corrected chi connectivity index (χ2v) is 3.76. The number of esters is 1. The summed E-state index contributed by atoms with van der Waals surface area (Å²) < 4.78 is 44.4. The Bertz CT molecular complexity index is 516. The second kappa shape index (κ2) is 5.92. The largest absolute Gasteiger partial charge is 0.503 e. The van der Waals surface area contributed by atoms with E-state index in [0.29, 0.717) is 0 Å². The highest BCUT2D eigenvalue weighted by molar-refractivity contribution is 6.31. The van der Waals surface area contributed by atoms with Crippen LogP contribution in [0.3, 0.4) is 0 Å². The van der Waals surface area contributed by atoms with Crippen molar-refractivity contribution in [1.82, 2.24) is 0 Å². The van der Waals surface area contributed by atoms with Crippen LogP contribution >= 0.6 is 11.6 Å². The van der Waals surface area contributed by atoms with E-state index in [1.54, 1.807) is 0 Å². The van der Waals surface area contributed by atoms with E-state index in [9.17, 15) is 22.8 Å². The van der Waals surface area contributed by atoms with Gasteiger partial charge in [0.15, 0.2) is 29.0 Å². The molecule has 8 heteroatoms. The normalized spacial score (nSPS) is 10.4. The quantitative estimate of drug-likeness (QED) is 0.305. The van der Waals surface area contributed by atoms with Crippen LogP contribution in [0, 0.1) is 17.5 Å². The fraction of sp³-hybridized carbons (Fsp3) is 0.273. The van der Waals surface area contributed by atoms with E-state index >= 15 is 0 Å². The number of rotatable bonds is 4. The minimum atomic E-state index is -1.81. The zero-order valence-electron chi connectivity index (χ0n) is 9.60. The zero-order chi connectivity index (χ0) is 14.7. The summed E-state index contributed by atoms with van der Waals surface area (Å²) in [4.78, 5) is 22.5. The average Bonchev–Trinajstić information content (AvgIpc) is 2.34. The molecule has 0 saturated heterocycles. The molecule has 0 spiro atoms. The number of carbonyl (C=O) groups is 2. The van der Waals surface area contributed by atoms with Gasteiger partial charge in [-0.25, -0.2) is 13.2 Å². The van der Waals surface area contributed by atoms with Crippen LogP contribution < -0.4 is 0 Å². The standard InChI is InChI=1S/C11H8ClF3O4/c1-2-19-5(17)3-4(16)6-8(13)7(12)10(15)11(18)9(6)14/h18H,2-3H2,1H3. The molecule has 1 aromatic carbocycles. The van der Waals surface area contributed by atoms with E-state index < -0.39 is 52.0 Å². The molecule has 0 heterocycles. The maximum Gasteiger partial charge on any atom is 0.313 e. The number of benzene rings is 1. The van der Waals surface area contributed by atoms with E-state index in [4.69, 9.17) is 16.7 Å². The first kappa shape index (κ1) is 15.3. The molecule has 1 N–H and O–H groups in total. The lowest BCUT2D eigenvalue weighted by Gasteiger charge is -2.08. The Morgan fingerprint density at radius 3 is 2.32 bits per heavy atom. The van der Waals surface area contributed by atoms with Crippen molar-refractivity contribution < 1.29 is 32.6 Å². The number of ketones is 1. The first-order valence-corrected chi connectivity index (χ1v) is 5.42. The number of carbonyl (C=O) groups excluding carboxylic acids is 2. The molecule has 0 atom stereocenters. The number of halogens is 4. The molecule has 0 amide bonds. The van der Waals surface area contributed by atoms with Crippen LogP contribution in [0.2, 0.25) is 5.02 Å². The van der Waals surface area contributed by atoms with Gasteiger partial charge in [-0.05, 0) is 6.92 Å². The molecule has 0 aromatic heterocycles. The molecule has 1 aromatic rings. The monoisotopic (exact) mass is 296 g/mol. The number of Topliss-reactive ketones (excluding diaryl/α,β-unsaturated/α-hetero) is 1. The van der Waals surface area contributed by atoms with E-state index in [1.807, 2.05) is 0 Å². The third kappa shape index (κ3) is 2.98. The molecular formula is C11H8ClF3O4. The molecule has 104 valence electrons. The molecule has 0 fully saturated rings. The highest BCUT2D eigenvalue weighted by atomic mass is 35.5. The van der Waals surface area contributed by atoms with Gasteiger partial charge in [0.05, 0.1) is 12.2 Å². The Morgan fingerprint density at radius 1 is 1.21 bits per heavy atom. The third-order valence-corrected chi connectivity index (χ3v) is 2.46. The van der Waals surface area contributed by atoms with Crippen molar-refractivity contribution in [3.8, 4) is 5.75 Å². The predicted octanol–water partition coefficient (Wildman–Crippen LogP) is 2.60. The van der Waals surface area contributed by atoms with Crippen LogP contribution in [0.4, 0.5) is 13.2 Å². The lowest BCUT2D eigenvalue weighted by Crippen LogP contribution is -2.15. The van der Waals surface area contributed by atoms with E-state index in [0.717, 1.165) is 0 Å². The van der Waals surface area contributed by atoms with Gasteiger partial charge >= 0.3 is 5.97 Å². The zero-order valence-corrected chi connectivity index (χ0v) is 10.4. The number of aromatic hydroxyl groups is 1. The van der Waals surface area contributed by atoms with Gasteiger partial charge in [0.2, 0.25) is 0 Å². The molecule has 0 aliphatic rings. The highest BCUT2D eigenvalue weighted by Gasteiger charge is 2.29. The molecule has 0 unspecified atom stereocenters. The third-order valence-electron chi connectivity index (χ3n) is 2.13. The molecule has 0 bridgehead atoms. The summed E-state index contributed by atoms with van der Waals surface area (Å²) in [6, 6.07) is 0. The minimum Gasteiger partial charge on any atom is -0.503 e. The fourth-order valence-electron chi connectivity index (χ4n) is 1.30. The number of hydrogen-bond acceptors (Lipinski definition) is 4. The number of phenolic OH excluding ortho intramolecular Hbond substituents is 1. The van der Waals surface area contributed by atoms with Gasteiger partial charge in [0.1, 0.15) is 11.4 Å². The second-order valence-electron chi connectivity index (χ2n) is 3.38. The van der Waals surface area contributed by atoms with E-state index in [2.05, 4.69) is 4.74 Å². The van der Waals surface area contributed by atoms with Crippen LogP contribution in [0.1, 0.15) is 23.7 Å². The molecule has 4 nitrogen and oxygen atoms in total. The molecule has 0 radical (unpaired) electrons. The Balaban J connectivity index is 3.21. The Hall–Kier alpha value is -1.76. The van der Waals surface area contributed by atoms with Crippen molar-refractivity contribution in [2.24, 2.45) is 0 Å². The summed E-state index contributed by atoms with van der Waals surface area (Å²) >= 11 is 5.16. The van der Waals surface area contributed by atoms with Crippen molar-refractivity contribution in [2.75, 3.05) is 6.61 Å². The van der Waals surface area contributed by atoms with Gasteiger partial charge in [0, 0.05) is 0 Å². The summed E-state index contributed by atoms with van der Waals surface area (Å²) in [5, 5.41) is 7.78. The van der Waals surface area contributed by atoms with Gasteiger partial charge < -0.3 is 9.84 Å². The van der Waals surface area contributed by atoms with Crippen LogP contribution in [0.5, 0.6) is 5.75 Å². The maximum absolute atomic E-state index is 13.5. The van der Waals surface area contributed by atoms with Crippen LogP contribution in [-0.4, -0.2) is 23.5 Å². The lowest BCUT2D eigenvalue weighted by molar-refractivity contribution is -0.141. The summed E-state index contributed by atoms with van der Waals surface area (Å²) in [6.45, 7) is 1.45. The molecule has 0 aliphatic heterocycles. The van der Waals surface area contributed by atoms with Crippen molar-refractivity contribution in [3.63, 3.8) is 0 Å². The summed E-state index contributed by atoms with van der Waals surface area (Å²) in [6.07, 6.45) is -0.955. The van der Waals surface area contributed by atoms with Gasteiger partial charge in [-0.1, -0.05) is 11.6 Å². The first-order chi connectivity index (χ1) is 8.81. The summed E-state index contributed by atoms with van der Waals surface area (Å²) in [5.74, 6) is -9.11. The topological polar surface area (TPSA) is 63.6 Å². The average molecular weight is 297 g/mol. The molecule has 0 saturated carbocycles. The van der Waals surface area contributed by atoms with Gasteiger partial charge in [-0.3, -0.25) is 9.59 Å². The number of ether oxygens (including phenoxy) is 1. The minimum absolute atomic E-state index is 0.0213. The molecular weight excluding hydrogens is 289 g/mol. The van der Waals surface area contributed by atoms with Crippen molar-refractivity contribution in [2.45, 2.75) is 13.3 Å². The first-order valence-electron chi connectivity index (χ1n) is 5.04. The molecule has 1 rings (SSSR count). The number of phenols is 1. The highest BCUT2D eigenvalue weighted by Crippen LogP contribution is 2.33. The van der Waals surface area contributed by atoms with Crippen LogP contribution in [0.15, 0.2) is 0 Å². The van der Waals surface area contributed by atoms with E-state index in [1.165, 1.54) is 6.92 Å². The maximum atomic E-state index is 13.5.